The van der Waals surface area contributed by atoms with Crippen molar-refractivity contribution in [3.63, 3.8) is 0 Å². The van der Waals surface area contributed by atoms with Crippen molar-refractivity contribution in [3.05, 3.63) is 35.1 Å². The SMILES string of the molecule is CCCCn1ccnc1Nc1cc(Br)ccc1OC. The highest BCUT2D eigenvalue weighted by Gasteiger charge is 2.07. The normalized spacial score (nSPS) is 10.5. The standard InChI is InChI=1S/C14H18BrN3O/c1-3-4-8-18-9-7-16-14(18)17-12-10-11(15)5-6-13(12)19-2/h5-7,9-10H,3-4,8H2,1-2H3,(H,16,17). The van der Waals surface area contributed by atoms with Crippen LogP contribution >= 0.6 is 15.9 Å². The Bertz CT molecular complexity index is 539. The molecule has 1 aromatic carbocycles. The quantitative estimate of drug-likeness (QED) is 0.866. The largest absolute Gasteiger partial charge is 0.495 e. The van der Waals surface area contributed by atoms with Gasteiger partial charge in [-0.2, -0.15) is 0 Å². The van der Waals surface area contributed by atoms with Crippen LogP contribution in [0.2, 0.25) is 0 Å². The molecule has 1 N–H and O–H groups in total. The molecule has 0 aliphatic rings. The van der Waals surface area contributed by atoms with Crippen LogP contribution in [0.25, 0.3) is 0 Å². The molecule has 0 aliphatic carbocycles. The molecule has 0 spiro atoms. The first-order valence-electron chi connectivity index (χ1n) is 6.36. The zero-order chi connectivity index (χ0) is 13.7. The summed E-state index contributed by atoms with van der Waals surface area (Å²) in [5.41, 5.74) is 0.904. The number of halogens is 1. The molecule has 0 atom stereocenters. The van der Waals surface area contributed by atoms with E-state index in [1.807, 2.05) is 30.6 Å². The molecule has 0 fully saturated rings. The number of nitrogens with one attached hydrogen (secondary N) is 1. The van der Waals surface area contributed by atoms with Crippen molar-refractivity contribution in [1.82, 2.24) is 9.55 Å². The number of imidazole rings is 1. The van der Waals surface area contributed by atoms with Gasteiger partial charge in [0.05, 0.1) is 12.8 Å². The fourth-order valence-corrected chi connectivity index (χ4v) is 2.20. The molecule has 0 aliphatic heterocycles. The molecule has 2 rings (SSSR count). The fourth-order valence-electron chi connectivity index (χ4n) is 1.84. The Kier molecular flexibility index (Phi) is 4.85. The summed E-state index contributed by atoms with van der Waals surface area (Å²) in [6.45, 7) is 3.15. The van der Waals surface area contributed by atoms with Crippen molar-refractivity contribution in [2.45, 2.75) is 26.3 Å². The Balaban J connectivity index is 2.21. The third-order valence-corrected chi connectivity index (χ3v) is 3.37. The summed E-state index contributed by atoms with van der Waals surface area (Å²) in [6.07, 6.45) is 6.10. The van der Waals surface area contributed by atoms with Gasteiger partial charge in [-0.05, 0) is 24.6 Å². The summed E-state index contributed by atoms with van der Waals surface area (Å²) in [5, 5.41) is 3.32. The van der Waals surface area contributed by atoms with Gasteiger partial charge >= 0.3 is 0 Å². The number of aromatic nitrogens is 2. The van der Waals surface area contributed by atoms with E-state index >= 15 is 0 Å². The topological polar surface area (TPSA) is 39.1 Å². The third-order valence-electron chi connectivity index (χ3n) is 2.88. The first-order chi connectivity index (χ1) is 9.24. The molecule has 0 saturated heterocycles. The van der Waals surface area contributed by atoms with E-state index in [9.17, 15) is 0 Å². The van der Waals surface area contributed by atoms with E-state index < -0.39 is 0 Å². The number of unbranched alkanes of at least 4 members (excludes halogenated alkanes) is 1. The summed E-state index contributed by atoms with van der Waals surface area (Å²) in [4.78, 5) is 4.35. The predicted octanol–water partition coefficient (Wildman–Crippen LogP) is 4.20. The molecule has 0 bridgehead atoms. The lowest BCUT2D eigenvalue weighted by molar-refractivity contribution is 0.416. The van der Waals surface area contributed by atoms with Gasteiger partial charge in [0.2, 0.25) is 5.95 Å². The Hall–Kier alpha value is -1.49. The zero-order valence-corrected chi connectivity index (χ0v) is 12.8. The van der Waals surface area contributed by atoms with Crippen LogP contribution < -0.4 is 10.1 Å². The van der Waals surface area contributed by atoms with Gasteiger partial charge in [0.15, 0.2) is 0 Å². The molecule has 0 saturated carbocycles. The lowest BCUT2D eigenvalue weighted by Crippen LogP contribution is -2.04. The van der Waals surface area contributed by atoms with Crippen LogP contribution in [0.3, 0.4) is 0 Å². The van der Waals surface area contributed by atoms with Gasteiger partial charge in [0.25, 0.3) is 0 Å². The van der Waals surface area contributed by atoms with Crippen LogP contribution in [-0.4, -0.2) is 16.7 Å². The highest BCUT2D eigenvalue weighted by atomic mass is 79.9. The van der Waals surface area contributed by atoms with Crippen LogP contribution in [0.1, 0.15) is 19.8 Å². The van der Waals surface area contributed by atoms with Crippen LogP contribution in [0.4, 0.5) is 11.6 Å². The van der Waals surface area contributed by atoms with Crippen molar-refractivity contribution >= 4 is 27.6 Å². The van der Waals surface area contributed by atoms with Gasteiger partial charge in [-0.1, -0.05) is 29.3 Å². The number of anilines is 2. The van der Waals surface area contributed by atoms with Crippen LogP contribution in [0.15, 0.2) is 35.1 Å². The van der Waals surface area contributed by atoms with Crippen LogP contribution in [-0.2, 0) is 6.54 Å². The number of hydrogen-bond donors (Lipinski definition) is 1. The predicted molar refractivity (Wildman–Crippen MR) is 81.1 cm³/mol. The van der Waals surface area contributed by atoms with E-state index in [4.69, 9.17) is 4.74 Å². The number of benzene rings is 1. The number of methoxy groups -OCH3 is 1. The number of aryl methyl sites for hydroxylation is 1. The van der Waals surface area contributed by atoms with Crippen molar-refractivity contribution in [1.29, 1.82) is 0 Å². The minimum absolute atomic E-state index is 0.799. The molecule has 19 heavy (non-hydrogen) atoms. The van der Waals surface area contributed by atoms with Crippen molar-refractivity contribution in [2.24, 2.45) is 0 Å². The highest BCUT2D eigenvalue weighted by molar-refractivity contribution is 9.10. The van der Waals surface area contributed by atoms with E-state index in [1.54, 1.807) is 7.11 Å². The Morgan fingerprint density at radius 2 is 2.26 bits per heavy atom. The monoisotopic (exact) mass is 323 g/mol. The highest BCUT2D eigenvalue weighted by Crippen LogP contribution is 2.30. The van der Waals surface area contributed by atoms with Crippen molar-refractivity contribution < 1.29 is 4.74 Å². The van der Waals surface area contributed by atoms with E-state index in [-0.39, 0.29) is 0 Å². The molecule has 1 heterocycles. The maximum absolute atomic E-state index is 5.35. The smallest absolute Gasteiger partial charge is 0.207 e. The number of rotatable bonds is 6. The molecule has 102 valence electrons. The molecule has 0 radical (unpaired) electrons. The van der Waals surface area contributed by atoms with Gasteiger partial charge < -0.3 is 14.6 Å². The summed E-state index contributed by atoms with van der Waals surface area (Å²) in [7, 11) is 1.66. The molecule has 5 heteroatoms. The Morgan fingerprint density at radius 1 is 1.42 bits per heavy atom. The average molecular weight is 324 g/mol. The van der Waals surface area contributed by atoms with Crippen molar-refractivity contribution in [3.8, 4) is 5.75 Å². The Labute approximate surface area is 121 Å². The average Bonchev–Trinajstić information content (AvgIpc) is 2.84. The van der Waals surface area contributed by atoms with Crippen LogP contribution in [0, 0.1) is 0 Å². The molecular weight excluding hydrogens is 306 g/mol. The summed E-state index contributed by atoms with van der Waals surface area (Å²) >= 11 is 3.47. The van der Waals surface area contributed by atoms with E-state index in [0.717, 1.165) is 41.2 Å². The minimum atomic E-state index is 0.799. The molecule has 0 amide bonds. The second-order valence-corrected chi connectivity index (χ2v) is 5.18. The van der Waals surface area contributed by atoms with E-state index in [2.05, 4.69) is 37.7 Å². The van der Waals surface area contributed by atoms with Crippen molar-refractivity contribution in [2.75, 3.05) is 12.4 Å². The molecule has 4 nitrogen and oxygen atoms in total. The summed E-state index contributed by atoms with van der Waals surface area (Å²) in [6, 6.07) is 5.86. The zero-order valence-electron chi connectivity index (χ0n) is 11.2. The van der Waals surface area contributed by atoms with Gasteiger partial charge in [-0.15, -0.1) is 0 Å². The minimum Gasteiger partial charge on any atom is -0.495 e. The number of nitrogens with zero attached hydrogens (tertiary/aromatic N) is 2. The Morgan fingerprint density at radius 3 is 3.00 bits per heavy atom. The number of ether oxygens (including phenoxy) is 1. The molecular formula is C14H18BrN3O. The maximum atomic E-state index is 5.35. The van der Waals surface area contributed by atoms with Crippen LogP contribution in [0.5, 0.6) is 5.75 Å². The number of hydrogen-bond acceptors (Lipinski definition) is 3. The first kappa shape index (κ1) is 13.9. The lowest BCUT2D eigenvalue weighted by Gasteiger charge is -2.12. The maximum Gasteiger partial charge on any atom is 0.207 e. The molecule has 0 unspecified atom stereocenters. The van der Waals surface area contributed by atoms with Gasteiger partial charge in [0, 0.05) is 23.4 Å². The fraction of sp³-hybridized carbons (Fsp3) is 0.357. The molecule has 2 aromatic rings. The van der Waals surface area contributed by atoms with Gasteiger partial charge in [-0.3, -0.25) is 0 Å². The van der Waals surface area contributed by atoms with E-state index in [1.165, 1.54) is 0 Å². The second kappa shape index (κ2) is 6.61. The third kappa shape index (κ3) is 3.50. The first-order valence-corrected chi connectivity index (χ1v) is 7.15. The molecule has 1 aromatic heterocycles. The second-order valence-electron chi connectivity index (χ2n) is 4.27. The van der Waals surface area contributed by atoms with Gasteiger partial charge in [0.1, 0.15) is 5.75 Å². The summed E-state index contributed by atoms with van der Waals surface area (Å²) < 4.78 is 8.47. The summed E-state index contributed by atoms with van der Waals surface area (Å²) in [5.74, 6) is 1.64. The van der Waals surface area contributed by atoms with E-state index in [0.29, 0.717) is 0 Å². The lowest BCUT2D eigenvalue weighted by atomic mass is 10.3. The van der Waals surface area contributed by atoms with Gasteiger partial charge in [-0.25, -0.2) is 4.98 Å².